The van der Waals surface area contributed by atoms with Gasteiger partial charge in [-0.1, -0.05) is 67.3 Å². The van der Waals surface area contributed by atoms with Gasteiger partial charge in [0.25, 0.3) is 0 Å². The molecule has 0 saturated heterocycles. The first-order valence-corrected chi connectivity index (χ1v) is 9.13. The van der Waals surface area contributed by atoms with Crippen LogP contribution in [0.1, 0.15) is 5.56 Å². The van der Waals surface area contributed by atoms with Crippen molar-refractivity contribution < 1.29 is 0 Å². The van der Waals surface area contributed by atoms with Gasteiger partial charge in [-0.15, -0.1) is 0 Å². The Labute approximate surface area is 160 Å². The van der Waals surface area contributed by atoms with Gasteiger partial charge in [0.15, 0.2) is 0 Å². The maximum Gasteiger partial charge on any atom is 0.0517 e. The molecule has 132 valence electrons. The van der Waals surface area contributed by atoms with Crippen LogP contribution in [0.5, 0.6) is 0 Å². The van der Waals surface area contributed by atoms with E-state index in [4.69, 9.17) is 0 Å². The number of rotatable bonds is 3. The molecule has 0 unspecified atom stereocenters. The van der Waals surface area contributed by atoms with Gasteiger partial charge in [0.05, 0.1) is 5.69 Å². The Morgan fingerprint density at radius 2 is 1.52 bits per heavy atom. The lowest BCUT2D eigenvalue weighted by molar-refractivity contribution is 1.16. The van der Waals surface area contributed by atoms with Gasteiger partial charge in [-0.2, -0.15) is 0 Å². The van der Waals surface area contributed by atoms with Crippen molar-refractivity contribution in [3.05, 3.63) is 121 Å². The monoisotopic (exact) mass is 350 g/mol. The van der Waals surface area contributed by atoms with Crippen molar-refractivity contribution in [1.82, 2.24) is 0 Å². The van der Waals surface area contributed by atoms with Crippen LogP contribution in [0.2, 0.25) is 0 Å². The molecular weight excluding hydrogens is 328 g/mol. The van der Waals surface area contributed by atoms with E-state index in [1.54, 1.807) is 0 Å². The average Bonchev–Trinajstić information content (AvgIpc) is 2.78. The molecule has 4 rings (SSSR count). The summed E-state index contributed by atoms with van der Waals surface area (Å²) in [6, 6.07) is 27.2. The van der Waals surface area contributed by atoms with Gasteiger partial charge in [-0.05, 0) is 54.5 Å². The predicted octanol–water partition coefficient (Wildman–Crippen LogP) is 6.75. The van der Waals surface area contributed by atoms with E-state index in [-0.39, 0.29) is 0 Å². The largest absolute Gasteiger partial charge is 0.355 e. The SMILES string of the molecule is C=C1/C=C\C=C/Cc2ccc(Nc3ccccc3)cc2N1c1ccccc1. The molecule has 1 N–H and O–H groups in total. The molecule has 1 aliphatic rings. The van der Waals surface area contributed by atoms with Gasteiger partial charge in [-0.3, -0.25) is 0 Å². The maximum atomic E-state index is 4.31. The molecule has 0 amide bonds. The zero-order chi connectivity index (χ0) is 18.5. The average molecular weight is 350 g/mol. The third kappa shape index (κ3) is 3.85. The third-order valence-corrected chi connectivity index (χ3v) is 4.56. The van der Waals surface area contributed by atoms with E-state index in [0.717, 1.165) is 34.9 Å². The predicted molar refractivity (Wildman–Crippen MR) is 116 cm³/mol. The smallest absolute Gasteiger partial charge is 0.0517 e. The Morgan fingerprint density at radius 3 is 2.30 bits per heavy atom. The van der Waals surface area contributed by atoms with E-state index < -0.39 is 0 Å². The fraction of sp³-hybridized carbons (Fsp3) is 0.0400. The van der Waals surface area contributed by atoms with Crippen LogP contribution in [0, 0.1) is 0 Å². The van der Waals surface area contributed by atoms with Gasteiger partial charge in [0, 0.05) is 22.8 Å². The Morgan fingerprint density at radius 1 is 0.778 bits per heavy atom. The van der Waals surface area contributed by atoms with Gasteiger partial charge in [-0.25, -0.2) is 0 Å². The lowest BCUT2D eigenvalue weighted by atomic mass is 10.1. The molecule has 1 aliphatic heterocycles. The minimum atomic E-state index is 0.877. The van der Waals surface area contributed by atoms with E-state index in [1.807, 2.05) is 30.3 Å². The third-order valence-electron chi connectivity index (χ3n) is 4.56. The van der Waals surface area contributed by atoms with Gasteiger partial charge in [0.1, 0.15) is 0 Å². The van der Waals surface area contributed by atoms with Crippen LogP contribution < -0.4 is 10.2 Å². The molecule has 2 nitrogen and oxygen atoms in total. The summed E-state index contributed by atoms with van der Waals surface area (Å²) in [6.07, 6.45) is 9.24. The molecule has 0 aromatic heterocycles. The molecule has 0 radical (unpaired) electrons. The number of nitrogens with one attached hydrogen (secondary N) is 1. The van der Waals surface area contributed by atoms with E-state index in [9.17, 15) is 0 Å². The molecular formula is C25H22N2. The summed E-state index contributed by atoms with van der Waals surface area (Å²) in [5.74, 6) is 0. The van der Waals surface area contributed by atoms with E-state index >= 15 is 0 Å². The number of hydrogen-bond donors (Lipinski definition) is 1. The quantitative estimate of drug-likeness (QED) is 0.562. The lowest BCUT2D eigenvalue weighted by Crippen LogP contribution is -2.16. The summed E-state index contributed by atoms with van der Waals surface area (Å²) in [4.78, 5) is 2.22. The first kappa shape index (κ1) is 16.9. The van der Waals surface area contributed by atoms with Crippen LogP contribution >= 0.6 is 0 Å². The van der Waals surface area contributed by atoms with Gasteiger partial charge < -0.3 is 10.2 Å². The van der Waals surface area contributed by atoms with E-state index in [0.29, 0.717) is 0 Å². The molecule has 3 aromatic carbocycles. The van der Waals surface area contributed by atoms with Gasteiger partial charge in [0.2, 0.25) is 0 Å². The second-order valence-electron chi connectivity index (χ2n) is 6.49. The van der Waals surface area contributed by atoms with Crippen LogP contribution in [0.25, 0.3) is 0 Å². The van der Waals surface area contributed by atoms with Crippen LogP contribution in [0.4, 0.5) is 22.7 Å². The van der Waals surface area contributed by atoms with Crippen molar-refractivity contribution in [2.75, 3.05) is 10.2 Å². The Balaban J connectivity index is 1.80. The molecule has 3 aromatic rings. The van der Waals surface area contributed by atoms with E-state index in [1.165, 1.54) is 5.56 Å². The maximum absolute atomic E-state index is 4.31. The minimum absolute atomic E-state index is 0.877. The number of para-hydroxylation sites is 2. The standard InChI is InChI=1S/C25H22N2/c1-20-11-5-2-6-12-21-17-18-23(26-22-13-7-3-8-14-22)19-25(21)27(20)24-15-9-4-10-16-24/h2-11,13-19,26H,1,12H2/b6-2-,11-5-. The molecule has 0 bridgehead atoms. The highest BCUT2D eigenvalue weighted by Gasteiger charge is 2.16. The minimum Gasteiger partial charge on any atom is -0.355 e. The second-order valence-corrected chi connectivity index (χ2v) is 6.49. The molecule has 27 heavy (non-hydrogen) atoms. The molecule has 0 spiro atoms. The number of fused-ring (bicyclic) bond motifs is 1. The first-order valence-electron chi connectivity index (χ1n) is 9.13. The Bertz CT molecular complexity index is 985. The second kappa shape index (κ2) is 7.79. The number of benzene rings is 3. The van der Waals surface area contributed by atoms with Crippen LogP contribution in [0.15, 0.2) is 115 Å². The Kier molecular flexibility index (Phi) is 4.88. The van der Waals surface area contributed by atoms with Crippen LogP contribution in [0.3, 0.4) is 0 Å². The lowest BCUT2D eigenvalue weighted by Gasteiger charge is -2.28. The summed E-state index contributed by atoms with van der Waals surface area (Å²) in [5, 5.41) is 3.50. The zero-order valence-electron chi connectivity index (χ0n) is 15.2. The van der Waals surface area contributed by atoms with Crippen molar-refractivity contribution in [1.29, 1.82) is 0 Å². The fourth-order valence-corrected chi connectivity index (χ4v) is 3.26. The van der Waals surface area contributed by atoms with Crippen LogP contribution in [-0.4, -0.2) is 0 Å². The number of anilines is 4. The van der Waals surface area contributed by atoms with Crippen molar-refractivity contribution in [3.8, 4) is 0 Å². The fourth-order valence-electron chi connectivity index (χ4n) is 3.26. The molecule has 0 aliphatic carbocycles. The van der Waals surface area contributed by atoms with Crippen LogP contribution in [-0.2, 0) is 6.42 Å². The first-order chi connectivity index (χ1) is 13.3. The number of nitrogens with zero attached hydrogens (tertiary/aromatic N) is 1. The highest BCUT2D eigenvalue weighted by Crippen LogP contribution is 2.36. The summed E-state index contributed by atoms with van der Waals surface area (Å²) < 4.78 is 0. The topological polar surface area (TPSA) is 15.3 Å². The van der Waals surface area contributed by atoms with E-state index in [2.05, 4.69) is 89.6 Å². The highest BCUT2D eigenvalue weighted by atomic mass is 15.1. The normalized spacial score (nSPS) is 15.9. The summed E-state index contributed by atoms with van der Waals surface area (Å²) >= 11 is 0. The number of hydrogen-bond acceptors (Lipinski definition) is 2. The van der Waals surface area contributed by atoms with Crippen molar-refractivity contribution in [2.45, 2.75) is 6.42 Å². The van der Waals surface area contributed by atoms with Crippen molar-refractivity contribution in [3.63, 3.8) is 0 Å². The molecule has 0 atom stereocenters. The summed E-state index contributed by atoms with van der Waals surface area (Å²) in [5.41, 5.74) is 6.58. The van der Waals surface area contributed by atoms with Crippen molar-refractivity contribution in [2.24, 2.45) is 0 Å². The molecule has 1 heterocycles. The van der Waals surface area contributed by atoms with Crippen molar-refractivity contribution >= 4 is 22.7 Å². The number of allylic oxidation sites excluding steroid dienone is 4. The summed E-state index contributed by atoms with van der Waals surface area (Å²) in [7, 11) is 0. The molecule has 0 fully saturated rings. The van der Waals surface area contributed by atoms with Gasteiger partial charge >= 0.3 is 0 Å². The molecule has 0 saturated carbocycles. The molecule has 2 heteroatoms. The Hall–Kier alpha value is -3.52. The highest BCUT2D eigenvalue weighted by molar-refractivity contribution is 5.77. The zero-order valence-corrected chi connectivity index (χ0v) is 15.2. The summed E-state index contributed by atoms with van der Waals surface area (Å²) in [6.45, 7) is 4.31.